The fourth-order valence-corrected chi connectivity index (χ4v) is 3.81. The lowest BCUT2D eigenvalue weighted by atomic mass is 10.0. The number of benzene rings is 2. The maximum Gasteiger partial charge on any atom is 0.162 e. The topological polar surface area (TPSA) is 35.6 Å². The van der Waals surface area contributed by atoms with Gasteiger partial charge in [-0.1, -0.05) is 56.4 Å². The van der Waals surface area contributed by atoms with Gasteiger partial charge in [-0.3, -0.25) is 9.69 Å². The van der Waals surface area contributed by atoms with Crippen LogP contribution in [0.2, 0.25) is 0 Å². The highest BCUT2D eigenvalue weighted by Crippen LogP contribution is 2.17. The zero-order valence-corrected chi connectivity index (χ0v) is 19.0. The Hall–Kier alpha value is -2.24. The molecule has 1 fully saturated rings. The van der Waals surface area contributed by atoms with E-state index < -0.39 is 0 Å². The van der Waals surface area contributed by atoms with Crippen molar-refractivity contribution in [3.8, 4) is 0 Å². The Morgan fingerprint density at radius 2 is 1.73 bits per heavy atom. The maximum atomic E-state index is 12.6. The first kappa shape index (κ1) is 22.4. The molecule has 2 aromatic carbocycles. The number of piperazine rings is 1. The van der Waals surface area contributed by atoms with Crippen molar-refractivity contribution in [3.63, 3.8) is 0 Å². The van der Waals surface area contributed by atoms with Crippen LogP contribution in [0, 0.1) is 5.92 Å². The fraction of sp³-hybridized carbons (Fsp3) is 0.440. The highest BCUT2D eigenvalue weighted by atomic mass is 32.1. The SMILES string of the molecule is CC(C)C(=S)Nc1cccc(C(=O)CCCCN2CCN(c3ccccc3)CC2)c1. The number of nitrogens with zero attached hydrogens (tertiary/aromatic N) is 2. The van der Waals surface area contributed by atoms with E-state index in [9.17, 15) is 4.79 Å². The molecular weight excluding hydrogens is 390 g/mol. The molecule has 1 N–H and O–H groups in total. The molecular formula is C25H33N3OS. The van der Waals surface area contributed by atoms with Crippen molar-refractivity contribution in [3.05, 3.63) is 60.2 Å². The van der Waals surface area contributed by atoms with Crippen LogP contribution in [-0.2, 0) is 0 Å². The number of rotatable bonds is 9. The van der Waals surface area contributed by atoms with Gasteiger partial charge in [0.2, 0.25) is 0 Å². The van der Waals surface area contributed by atoms with Crippen LogP contribution in [0.3, 0.4) is 0 Å². The van der Waals surface area contributed by atoms with Crippen LogP contribution in [0.5, 0.6) is 0 Å². The molecule has 3 rings (SSSR count). The molecule has 0 atom stereocenters. The fourth-order valence-electron chi connectivity index (χ4n) is 3.69. The van der Waals surface area contributed by atoms with Gasteiger partial charge in [0, 0.05) is 55.5 Å². The van der Waals surface area contributed by atoms with Crippen molar-refractivity contribution in [2.45, 2.75) is 33.1 Å². The van der Waals surface area contributed by atoms with Gasteiger partial charge in [-0.05, 0) is 43.7 Å². The average molecular weight is 424 g/mol. The molecule has 0 unspecified atom stereocenters. The van der Waals surface area contributed by atoms with Crippen molar-refractivity contribution >= 4 is 34.4 Å². The molecule has 1 aliphatic rings. The average Bonchev–Trinajstić information content (AvgIpc) is 2.77. The molecule has 0 radical (unpaired) electrons. The van der Waals surface area contributed by atoms with Crippen molar-refractivity contribution in [1.82, 2.24) is 4.90 Å². The van der Waals surface area contributed by atoms with E-state index in [4.69, 9.17) is 12.2 Å². The van der Waals surface area contributed by atoms with Crippen LogP contribution >= 0.6 is 12.2 Å². The lowest BCUT2D eigenvalue weighted by Crippen LogP contribution is -2.46. The van der Waals surface area contributed by atoms with Crippen LogP contribution in [0.1, 0.15) is 43.5 Å². The predicted octanol–water partition coefficient (Wildman–Crippen LogP) is 5.26. The van der Waals surface area contributed by atoms with Gasteiger partial charge < -0.3 is 10.2 Å². The largest absolute Gasteiger partial charge is 0.369 e. The Balaban J connectivity index is 1.37. The van der Waals surface area contributed by atoms with Crippen LogP contribution in [0.15, 0.2) is 54.6 Å². The molecule has 0 aliphatic carbocycles. The van der Waals surface area contributed by atoms with Crippen molar-refractivity contribution in [2.24, 2.45) is 5.92 Å². The molecule has 1 aliphatic heterocycles. The standard InChI is InChI=1S/C25H33N3OS/c1-20(2)25(30)26-22-10-8-9-21(19-22)24(29)13-6-7-14-27-15-17-28(18-16-27)23-11-4-3-5-12-23/h3-5,8-12,19-20H,6-7,13-18H2,1-2H3,(H,26,30). The highest BCUT2D eigenvalue weighted by molar-refractivity contribution is 7.80. The number of unbranched alkanes of at least 4 members (excludes halogenated alkanes) is 1. The second-order valence-corrected chi connectivity index (χ2v) is 8.71. The minimum atomic E-state index is 0.211. The quantitative estimate of drug-likeness (QED) is 0.338. The number of carbonyl (C=O) groups excluding carboxylic acids is 1. The number of thiocarbonyl (C=S) groups is 1. The number of para-hydroxylation sites is 1. The molecule has 2 aromatic rings. The van der Waals surface area contributed by atoms with E-state index >= 15 is 0 Å². The monoisotopic (exact) mass is 423 g/mol. The second-order valence-electron chi connectivity index (χ2n) is 8.27. The summed E-state index contributed by atoms with van der Waals surface area (Å²) >= 11 is 5.35. The molecule has 0 saturated carbocycles. The summed E-state index contributed by atoms with van der Waals surface area (Å²) in [6, 6.07) is 18.3. The van der Waals surface area contributed by atoms with E-state index in [1.165, 1.54) is 5.69 Å². The van der Waals surface area contributed by atoms with Crippen LogP contribution in [0.4, 0.5) is 11.4 Å². The molecule has 4 nitrogen and oxygen atoms in total. The normalized spacial score (nSPS) is 14.7. The number of ketones is 1. The van der Waals surface area contributed by atoms with Crippen LogP contribution < -0.4 is 10.2 Å². The van der Waals surface area contributed by atoms with E-state index in [1.807, 2.05) is 24.3 Å². The molecule has 0 bridgehead atoms. The third-order valence-electron chi connectivity index (χ3n) is 5.60. The maximum absolute atomic E-state index is 12.6. The number of nitrogens with one attached hydrogen (secondary N) is 1. The van der Waals surface area contributed by atoms with Gasteiger partial charge >= 0.3 is 0 Å². The van der Waals surface area contributed by atoms with Crippen molar-refractivity contribution in [2.75, 3.05) is 42.9 Å². The molecule has 30 heavy (non-hydrogen) atoms. The number of hydrogen-bond donors (Lipinski definition) is 1. The Bertz CT molecular complexity index is 829. The van der Waals surface area contributed by atoms with E-state index in [1.54, 1.807) is 0 Å². The minimum absolute atomic E-state index is 0.211. The molecule has 1 heterocycles. The lowest BCUT2D eigenvalue weighted by molar-refractivity contribution is 0.0977. The minimum Gasteiger partial charge on any atom is -0.369 e. The number of hydrogen-bond acceptors (Lipinski definition) is 4. The molecule has 0 aromatic heterocycles. The van der Waals surface area contributed by atoms with Crippen molar-refractivity contribution < 1.29 is 4.79 Å². The summed E-state index contributed by atoms with van der Waals surface area (Å²) in [5.41, 5.74) is 2.98. The van der Waals surface area contributed by atoms with Gasteiger partial charge in [0.15, 0.2) is 5.78 Å². The first-order valence-corrected chi connectivity index (χ1v) is 11.4. The van der Waals surface area contributed by atoms with Gasteiger partial charge in [0.25, 0.3) is 0 Å². The van der Waals surface area contributed by atoms with Crippen LogP contribution in [-0.4, -0.2) is 48.4 Å². The third-order valence-corrected chi connectivity index (χ3v) is 6.17. The summed E-state index contributed by atoms with van der Waals surface area (Å²) in [4.78, 5) is 18.4. The van der Waals surface area contributed by atoms with Crippen LogP contribution in [0.25, 0.3) is 0 Å². The second kappa shape index (κ2) is 11.2. The number of carbonyl (C=O) groups is 1. The Kier molecular flexibility index (Phi) is 8.40. The molecule has 0 amide bonds. The van der Waals surface area contributed by atoms with Crippen molar-refractivity contribution in [1.29, 1.82) is 0 Å². The molecule has 5 heteroatoms. The summed E-state index contributed by atoms with van der Waals surface area (Å²) in [5, 5.41) is 3.23. The summed E-state index contributed by atoms with van der Waals surface area (Å²) in [5.74, 6) is 0.497. The summed E-state index contributed by atoms with van der Waals surface area (Å²) in [7, 11) is 0. The van der Waals surface area contributed by atoms with E-state index in [2.05, 4.69) is 59.3 Å². The zero-order valence-electron chi connectivity index (χ0n) is 18.1. The van der Waals surface area contributed by atoms with Gasteiger partial charge in [-0.2, -0.15) is 0 Å². The third kappa shape index (κ3) is 6.64. The Morgan fingerprint density at radius 1 is 1.00 bits per heavy atom. The van der Waals surface area contributed by atoms with Gasteiger partial charge in [-0.15, -0.1) is 0 Å². The first-order valence-electron chi connectivity index (χ1n) is 11.0. The van der Waals surface area contributed by atoms with Gasteiger partial charge in [0.05, 0.1) is 4.99 Å². The molecule has 1 saturated heterocycles. The molecule has 160 valence electrons. The Morgan fingerprint density at radius 3 is 2.43 bits per heavy atom. The summed E-state index contributed by atoms with van der Waals surface area (Å²) in [6.45, 7) is 9.51. The van der Waals surface area contributed by atoms with E-state index in [-0.39, 0.29) is 11.7 Å². The smallest absolute Gasteiger partial charge is 0.162 e. The lowest BCUT2D eigenvalue weighted by Gasteiger charge is -2.36. The zero-order chi connectivity index (χ0) is 21.3. The number of Topliss-reactive ketones (excluding diaryl/α,β-unsaturated/α-hetero) is 1. The predicted molar refractivity (Wildman–Crippen MR) is 131 cm³/mol. The Labute approximate surface area is 186 Å². The highest BCUT2D eigenvalue weighted by Gasteiger charge is 2.16. The number of anilines is 2. The summed E-state index contributed by atoms with van der Waals surface area (Å²) in [6.07, 6.45) is 2.59. The summed E-state index contributed by atoms with van der Waals surface area (Å²) < 4.78 is 0. The van der Waals surface area contributed by atoms with E-state index in [0.29, 0.717) is 6.42 Å². The molecule has 0 spiro atoms. The van der Waals surface area contributed by atoms with Gasteiger partial charge in [0.1, 0.15) is 0 Å². The van der Waals surface area contributed by atoms with Gasteiger partial charge in [-0.25, -0.2) is 0 Å². The first-order chi connectivity index (χ1) is 14.5. The van der Waals surface area contributed by atoms with E-state index in [0.717, 1.165) is 61.8 Å².